The average Bonchev–Trinajstić information content (AvgIpc) is 3.28. The van der Waals surface area contributed by atoms with Crippen molar-refractivity contribution in [3.8, 4) is 11.1 Å². The van der Waals surface area contributed by atoms with Crippen molar-refractivity contribution >= 4 is 21.5 Å². The molecule has 0 saturated carbocycles. The van der Waals surface area contributed by atoms with Gasteiger partial charge in [0.15, 0.2) is 5.65 Å². The van der Waals surface area contributed by atoms with Gasteiger partial charge in [-0.3, -0.25) is 0 Å². The Morgan fingerprint density at radius 3 is 2.20 bits per heavy atom. The predicted molar refractivity (Wildman–Crippen MR) is 114 cm³/mol. The number of rotatable bonds is 4. The van der Waals surface area contributed by atoms with Gasteiger partial charge in [-0.1, -0.05) is 42.5 Å². The molecule has 30 heavy (non-hydrogen) atoms. The van der Waals surface area contributed by atoms with Crippen molar-refractivity contribution in [1.29, 1.82) is 0 Å². The van der Waals surface area contributed by atoms with Crippen LogP contribution in [0.4, 0.5) is 5.82 Å². The topological polar surface area (TPSA) is 83.7 Å². The van der Waals surface area contributed by atoms with Crippen LogP contribution in [0.2, 0.25) is 0 Å². The second kappa shape index (κ2) is 7.51. The molecule has 0 spiro atoms. The van der Waals surface area contributed by atoms with E-state index in [1.807, 2.05) is 54.6 Å². The summed E-state index contributed by atoms with van der Waals surface area (Å²) in [6.45, 7) is 1.96. The Balaban J connectivity index is 1.30. The van der Waals surface area contributed by atoms with Gasteiger partial charge < -0.3 is 4.90 Å². The molecule has 0 aliphatic carbocycles. The Morgan fingerprint density at radius 1 is 0.767 bits per heavy atom. The number of hydrogen-bond acceptors (Lipinski definition) is 6. The van der Waals surface area contributed by atoms with Crippen molar-refractivity contribution < 1.29 is 8.42 Å². The summed E-state index contributed by atoms with van der Waals surface area (Å²) in [4.78, 5) is 2.39. The first-order chi connectivity index (χ1) is 14.6. The van der Waals surface area contributed by atoms with Crippen LogP contribution in [0.15, 0.2) is 78.0 Å². The van der Waals surface area contributed by atoms with E-state index in [0.29, 0.717) is 36.7 Å². The fraction of sp³-hybridized carbons (Fsp3) is 0.190. The molecule has 2 aromatic heterocycles. The molecule has 9 heteroatoms. The van der Waals surface area contributed by atoms with Gasteiger partial charge in [0, 0.05) is 26.2 Å². The lowest BCUT2D eigenvalue weighted by Gasteiger charge is -2.34. The second-order valence-corrected chi connectivity index (χ2v) is 9.04. The Labute approximate surface area is 174 Å². The lowest BCUT2D eigenvalue weighted by atomic mass is 10.1. The molecule has 0 N–H and O–H groups in total. The zero-order chi connectivity index (χ0) is 20.6. The summed E-state index contributed by atoms with van der Waals surface area (Å²) in [7, 11) is -3.53. The summed E-state index contributed by atoms with van der Waals surface area (Å²) in [6, 6.07) is 20.7. The third-order valence-electron chi connectivity index (χ3n) is 5.31. The van der Waals surface area contributed by atoms with Crippen molar-refractivity contribution in [2.24, 2.45) is 0 Å². The summed E-state index contributed by atoms with van der Waals surface area (Å²) in [6.07, 6.45) is 1.55. The van der Waals surface area contributed by atoms with Crippen LogP contribution in [-0.2, 0) is 10.0 Å². The van der Waals surface area contributed by atoms with Crippen LogP contribution >= 0.6 is 0 Å². The largest absolute Gasteiger partial charge is 0.353 e. The zero-order valence-electron chi connectivity index (χ0n) is 16.2. The Hall–Kier alpha value is -3.30. The second-order valence-electron chi connectivity index (χ2n) is 7.11. The normalized spacial score (nSPS) is 15.5. The van der Waals surface area contributed by atoms with Crippen LogP contribution in [0.3, 0.4) is 0 Å². The summed E-state index contributed by atoms with van der Waals surface area (Å²) >= 11 is 0. The number of nitrogens with zero attached hydrogens (tertiary/aromatic N) is 6. The molecule has 2 aromatic carbocycles. The molecule has 152 valence electrons. The van der Waals surface area contributed by atoms with Crippen molar-refractivity contribution in [1.82, 2.24) is 24.1 Å². The summed E-state index contributed by atoms with van der Waals surface area (Å²) in [5.74, 6) is 0.784. The SMILES string of the molecule is O=S(=O)(c1ccc(-c2ccccc2)cc1)N1CCN(c2ccc3nncn3n2)CC1. The predicted octanol–water partition coefficient (Wildman–Crippen LogP) is 2.30. The molecule has 0 amide bonds. The molecule has 1 aliphatic heterocycles. The molecule has 4 aromatic rings. The highest BCUT2D eigenvalue weighted by molar-refractivity contribution is 7.89. The maximum absolute atomic E-state index is 13.1. The lowest BCUT2D eigenvalue weighted by Crippen LogP contribution is -2.49. The molecular weight excluding hydrogens is 400 g/mol. The molecule has 0 unspecified atom stereocenters. The van der Waals surface area contributed by atoms with Gasteiger partial charge in [0.2, 0.25) is 10.0 Å². The highest BCUT2D eigenvalue weighted by Gasteiger charge is 2.29. The van der Waals surface area contributed by atoms with E-state index < -0.39 is 10.0 Å². The number of hydrogen-bond donors (Lipinski definition) is 0. The molecular formula is C21H20N6O2S. The summed E-state index contributed by atoms with van der Waals surface area (Å²) in [5, 5.41) is 12.3. The van der Waals surface area contributed by atoms with Crippen molar-refractivity contribution in [2.45, 2.75) is 4.90 Å². The van der Waals surface area contributed by atoms with Crippen molar-refractivity contribution in [3.63, 3.8) is 0 Å². The average molecular weight is 420 g/mol. The molecule has 8 nitrogen and oxygen atoms in total. The molecule has 3 heterocycles. The van der Waals surface area contributed by atoms with Gasteiger partial charge in [0.25, 0.3) is 0 Å². The van der Waals surface area contributed by atoms with Crippen molar-refractivity contribution in [3.05, 3.63) is 73.1 Å². The Bertz CT molecular complexity index is 1260. The number of anilines is 1. The molecule has 1 fully saturated rings. The van der Waals surface area contributed by atoms with E-state index in [2.05, 4.69) is 20.2 Å². The lowest BCUT2D eigenvalue weighted by molar-refractivity contribution is 0.383. The number of sulfonamides is 1. The van der Waals surface area contributed by atoms with Crippen LogP contribution in [0.25, 0.3) is 16.8 Å². The van der Waals surface area contributed by atoms with Gasteiger partial charge in [-0.2, -0.15) is 8.82 Å². The minimum atomic E-state index is -3.53. The van der Waals surface area contributed by atoms with E-state index in [-0.39, 0.29) is 0 Å². The first kappa shape index (κ1) is 18.7. The smallest absolute Gasteiger partial charge is 0.243 e. The van der Waals surface area contributed by atoms with Gasteiger partial charge in [-0.05, 0) is 35.4 Å². The van der Waals surface area contributed by atoms with Crippen molar-refractivity contribution in [2.75, 3.05) is 31.1 Å². The van der Waals surface area contributed by atoms with Crippen LogP contribution in [0.1, 0.15) is 0 Å². The summed E-state index contributed by atoms with van der Waals surface area (Å²) in [5.41, 5.74) is 2.74. The maximum atomic E-state index is 13.1. The van der Waals surface area contributed by atoms with E-state index in [1.54, 1.807) is 27.3 Å². The molecule has 1 aliphatic rings. The quantitative estimate of drug-likeness (QED) is 0.504. The fourth-order valence-corrected chi connectivity index (χ4v) is 5.07. The molecule has 0 atom stereocenters. The minimum absolute atomic E-state index is 0.319. The number of aromatic nitrogens is 4. The molecule has 0 radical (unpaired) electrons. The van der Waals surface area contributed by atoms with Gasteiger partial charge >= 0.3 is 0 Å². The number of fused-ring (bicyclic) bond motifs is 1. The van der Waals surface area contributed by atoms with Gasteiger partial charge in [-0.25, -0.2) is 8.42 Å². The van der Waals surface area contributed by atoms with E-state index in [0.717, 1.165) is 16.9 Å². The maximum Gasteiger partial charge on any atom is 0.243 e. The van der Waals surface area contributed by atoms with Crippen LogP contribution in [0, 0.1) is 0 Å². The Morgan fingerprint density at radius 2 is 1.47 bits per heavy atom. The highest BCUT2D eigenvalue weighted by atomic mass is 32.2. The zero-order valence-corrected chi connectivity index (χ0v) is 17.0. The van der Waals surface area contributed by atoms with E-state index in [9.17, 15) is 8.42 Å². The fourth-order valence-electron chi connectivity index (χ4n) is 3.64. The van der Waals surface area contributed by atoms with Gasteiger partial charge in [-0.15, -0.1) is 15.3 Å². The van der Waals surface area contributed by atoms with Crippen LogP contribution in [0.5, 0.6) is 0 Å². The van der Waals surface area contributed by atoms with Gasteiger partial charge in [0.1, 0.15) is 12.1 Å². The highest BCUT2D eigenvalue weighted by Crippen LogP contribution is 2.24. The number of piperazine rings is 1. The monoisotopic (exact) mass is 420 g/mol. The third kappa shape index (κ3) is 3.42. The van der Waals surface area contributed by atoms with Crippen LogP contribution in [-0.4, -0.2) is 58.7 Å². The molecule has 1 saturated heterocycles. The van der Waals surface area contributed by atoms with E-state index in [1.165, 1.54) is 0 Å². The Kier molecular flexibility index (Phi) is 4.68. The van der Waals surface area contributed by atoms with Crippen LogP contribution < -0.4 is 4.90 Å². The van der Waals surface area contributed by atoms with Gasteiger partial charge in [0.05, 0.1) is 4.90 Å². The molecule has 0 bridgehead atoms. The third-order valence-corrected chi connectivity index (χ3v) is 7.22. The van der Waals surface area contributed by atoms with E-state index >= 15 is 0 Å². The molecule has 5 rings (SSSR count). The number of benzene rings is 2. The minimum Gasteiger partial charge on any atom is -0.353 e. The standard InChI is InChI=1S/C21H20N6O2S/c28-30(29,19-8-6-18(7-9-19)17-4-2-1-3-5-17)26-14-12-25(13-15-26)21-11-10-20-23-22-16-27(20)24-21/h1-11,16H,12-15H2. The summed E-state index contributed by atoms with van der Waals surface area (Å²) < 4.78 is 29.3. The first-order valence-corrected chi connectivity index (χ1v) is 11.1. The first-order valence-electron chi connectivity index (χ1n) is 9.69. The van der Waals surface area contributed by atoms with E-state index in [4.69, 9.17) is 0 Å².